The normalized spacial score (nSPS) is 26.2. The molecule has 2 aromatic rings. The van der Waals surface area contributed by atoms with Crippen LogP contribution in [0.2, 0.25) is 0 Å². The van der Waals surface area contributed by atoms with Crippen molar-refractivity contribution in [2.45, 2.75) is 63.6 Å². The number of hydrogen-bond acceptors (Lipinski definition) is 6. The molecule has 3 aliphatic heterocycles. The maximum absolute atomic E-state index is 14.0. The fourth-order valence-corrected chi connectivity index (χ4v) is 5.44. The molecule has 3 aliphatic rings. The zero-order valence-electron chi connectivity index (χ0n) is 20.4. The van der Waals surface area contributed by atoms with Crippen molar-refractivity contribution in [1.82, 2.24) is 14.8 Å². The van der Waals surface area contributed by atoms with Crippen LogP contribution in [0.15, 0.2) is 23.1 Å². The van der Waals surface area contributed by atoms with Crippen molar-refractivity contribution >= 4 is 11.8 Å². The standard InChI is InChI=1S/C25H26F3N3O6/c1-12-4-5-25(11-36-24(2,3)37-25)18-10-30(12)23(35)19-21(33)20(32)15(9-31(18)19)22(34)29-8-14-16(27)6-13(26)7-17(14)28/h6-7,9,12,18,33H,4-5,8,10-11H2,1-3H3,(H,29,34)/t12-,18+,25+/m0/s1. The molecule has 1 aromatic heterocycles. The summed E-state index contributed by atoms with van der Waals surface area (Å²) >= 11 is 0. The number of ether oxygens (including phenoxy) is 2. The van der Waals surface area contributed by atoms with Crippen molar-refractivity contribution in [3.8, 4) is 5.75 Å². The van der Waals surface area contributed by atoms with Gasteiger partial charge in [-0.25, -0.2) is 13.2 Å². The number of pyridine rings is 1. The van der Waals surface area contributed by atoms with E-state index in [0.717, 1.165) is 6.20 Å². The van der Waals surface area contributed by atoms with Gasteiger partial charge in [-0.3, -0.25) is 14.4 Å². The van der Waals surface area contributed by atoms with Crippen LogP contribution in [0.25, 0.3) is 0 Å². The number of halogens is 3. The summed E-state index contributed by atoms with van der Waals surface area (Å²) in [6.45, 7) is 5.10. The Morgan fingerprint density at radius 1 is 1.22 bits per heavy atom. The first kappa shape index (κ1) is 25.3. The summed E-state index contributed by atoms with van der Waals surface area (Å²) in [5.41, 5.74) is -3.41. The van der Waals surface area contributed by atoms with Crippen LogP contribution in [-0.2, 0) is 16.0 Å². The maximum atomic E-state index is 14.0. The number of nitrogens with zero attached hydrogens (tertiary/aromatic N) is 2. The minimum Gasteiger partial charge on any atom is -0.503 e. The quantitative estimate of drug-likeness (QED) is 0.643. The molecule has 37 heavy (non-hydrogen) atoms. The van der Waals surface area contributed by atoms with Crippen molar-refractivity contribution in [3.63, 3.8) is 0 Å². The van der Waals surface area contributed by atoms with Gasteiger partial charge in [0, 0.05) is 43.0 Å². The van der Waals surface area contributed by atoms with Crippen molar-refractivity contribution < 1.29 is 37.3 Å². The van der Waals surface area contributed by atoms with Crippen LogP contribution in [0, 0.1) is 17.5 Å². The minimum absolute atomic E-state index is 0.191. The zero-order valence-corrected chi connectivity index (χ0v) is 20.4. The molecule has 3 atom stereocenters. The van der Waals surface area contributed by atoms with Crippen LogP contribution >= 0.6 is 0 Å². The van der Waals surface area contributed by atoms with Crippen LogP contribution in [0.3, 0.4) is 0 Å². The Kier molecular flexibility index (Phi) is 5.87. The van der Waals surface area contributed by atoms with E-state index in [1.165, 1.54) is 4.57 Å². The van der Waals surface area contributed by atoms with Crippen molar-refractivity contribution in [2.75, 3.05) is 13.2 Å². The van der Waals surface area contributed by atoms with Gasteiger partial charge < -0.3 is 29.4 Å². The highest BCUT2D eigenvalue weighted by atomic mass is 19.1. The maximum Gasteiger partial charge on any atom is 0.274 e. The SMILES string of the molecule is C[C@H]1CC[C@@]2(COC(C)(C)O2)[C@H]2CN1C(=O)c1c(O)c(=O)c(C(=O)NCc3c(F)cc(F)cc3F)cn12. The fourth-order valence-electron chi connectivity index (χ4n) is 5.44. The third kappa shape index (κ3) is 4.08. The molecule has 2 saturated heterocycles. The van der Waals surface area contributed by atoms with E-state index in [1.54, 1.807) is 18.7 Å². The largest absolute Gasteiger partial charge is 0.503 e. The first-order valence-corrected chi connectivity index (χ1v) is 11.9. The van der Waals surface area contributed by atoms with Gasteiger partial charge in [0.05, 0.1) is 12.6 Å². The average Bonchev–Trinajstić information content (AvgIpc) is 3.07. The van der Waals surface area contributed by atoms with Crippen LogP contribution in [-0.4, -0.2) is 57.0 Å². The monoisotopic (exact) mass is 521 g/mol. The number of rotatable bonds is 3. The van der Waals surface area contributed by atoms with Crippen LogP contribution in [0.1, 0.15) is 66.1 Å². The summed E-state index contributed by atoms with van der Waals surface area (Å²) in [6.07, 6.45) is 2.27. The molecule has 1 aromatic carbocycles. The van der Waals surface area contributed by atoms with E-state index < -0.39 is 75.5 Å². The number of nitrogens with one attached hydrogen (secondary N) is 1. The van der Waals surface area contributed by atoms with E-state index in [2.05, 4.69) is 5.32 Å². The molecule has 0 radical (unpaired) electrons. The summed E-state index contributed by atoms with van der Waals surface area (Å²) < 4.78 is 54.8. The molecule has 1 spiro atoms. The van der Waals surface area contributed by atoms with Gasteiger partial charge in [-0.1, -0.05) is 0 Å². The highest BCUT2D eigenvalue weighted by Gasteiger charge is 2.56. The summed E-state index contributed by atoms with van der Waals surface area (Å²) in [7, 11) is 0. The predicted octanol–water partition coefficient (Wildman–Crippen LogP) is 2.60. The van der Waals surface area contributed by atoms with Gasteiger partial charge in [0.2, 0.25) is 5.43 Å². The lowest BCUT2D eigenvalue weighted by atomic mass is 9.88. The Morgan fingerprint density at radius 2 is 1.89 bits per heavy atom. The summed E-state index contributed by atoms with van der Waals surface area (Å²) in [4.78, 5) is 40.8. The third-order valence-electron chi connectivity index (χ3n) is 7.39. The number of benzene rings is 1. The average molecular weight is 521 g/mol. The van der Waals surface area contributed by atoms with Crippen molar-refractivity contribution in [2.24, 2.45) is 0 Å². The van der Waals surface area contributed by atoms with Gasteiger partial charge in [0.15, 0.2) is 17.2 Å². The molecule has 2 amide bonds. The second kappa shape index (κ2) is 8.59. The first-order chi connectivity index (χ1) is 17.3. The van der Waals surface area contributed by atoms with E-state index in [-0.39, 0.29) is 24.9 Å². The summed E-state index contributed by atoms with van der Waals surface area (Å²) in [6, 6.07) is 0.142. The van der Waals surface area contributed by atoms with Gasteiger partial charge in [-0.2, -0.15) is 0 Å². The predicted molar refractivity (Wildman–Crippen MR) is 122 cm³/mol. The Morgan fingerprint density at radius 3 is 2.51 bits per heavy atom. The summed E-state index contributed by atoms with van der Waals surface area (Å²) in [5.74, 6) is -6.94. The lowest BCUT2D eigenvalue weighted by Gasteiger charge is -2.42. The van der Waals surface area contributed by atoms with Gasteiger partial charge in [0.25, 0.3) is 11.8 Å². The van der Waals surface area contributed by atoms with E-state index in [0.29, 0.717) is 25.0 Å². The molecular formula is C25H26F3N3O6. The molecular weight excluding hydrogens is 495 g/mol. The number of amides is 2. The van der Waals surface area contributed by atoms with Crippen molar-refractivity contribution in [3.05, 3.63) is 62.8 Å². The molecule has 5 rings (SSSR count). The Balaban J connectivity index is 1.56. The number of aromatic hydroxyl groups is 1. The number of carbonyl (C=O) groups is 2. The molecule has 0 saturated carbocycles. The summed E-state index contributed by atoms with van der Waals surface area (Å²) in [5, 5.41) is 13.1. The molecule has 9 nitrogen and oxygen atoms in total. The van der Waals surface area contributed by atoms with E-state index >= 15 is 0 Å². The number of carbonyl (C=O) groups excluding carboxylic acids is 2. The Bertz CT molecular complexity index is 1350. The first-order valence-electron chi connectivity index (χ1n) is 11.9. The molecule has 2 N–H and O–H groups in total. The molecule has 198 valence electrons. The van der Waals surface area contributed by atoms with Crippen molar-refractivity contribution in [1.29, 1.82) is 0 Å². The van der Waals surface area contributed by atoms with Crippen LogP contribution in [0.5, 0.6) is 5.75 Å². The number of aromatic nitrogens is 1. The minimum atomic E-state index is -1.20. The van der Waals surface area contributed by atoms with Gasteiger partial charge in [0.1, 0.15) is 28.6 Å². The highest BCUT2D eigenvalue weighted by Crippen LogP contribution is 2.47. The molecule has 4 heterocycles. The van der Waals surface area contributed by atoms with Crippen LogP contribution < -0.4 is 10.7 Å². The third-order valence-corrected chi connectivity index (χ3v) is 7.39. The molecule has 2 fully saturated rings. The second-order valence-electron chi connectivity index (χ2n) is 10.2. The smallest absolute Gasteiger partial charge is 0.274 e. The number of fused-ring (bicyclic) bond motifs is 5. The van der Waals surface area contributed by atoms with Crippen LogP contribution in [0.4, 0.5) is 13.2 Å². The zero-order chi connectivity index (χ0) is 26.9. The van der Waals surface area contributed by atoms with Gasteiger partial charge in [-0.05, 0) is 33.6 Å². The Hall–Kier alpha value is -3.38. The van der Waals surface area contributed by atoms with Gasteiger partial charge in [-0.15, -0.1) is 0 Å². The lowest BCUT2D eigenvalue weighted by molar-refractivity contribution is -0.172. The molecule has 0 unspecified atom stereocenters. The lowest BCUT2D eigenvalue weighted by Crippen LogP contribution is -2.53. The topological polar surface area (TPSA) is 110 Å². The fraction of sp³-hybridized carbons (Fsp3) is 0.480. The molecule has 12 heteroatoms. The molecule has 0 aliphatic carbocycles. The van der Waals surface area contributed by atoms with E-state index in [9.17, 15) is 32.7 Å². The highest BCUT2D eigenvalue weighted by molar-refractivity contribution is 5.99. The molecule has 2 bridgehead atoms. The second-order valence-corrected chi connectivity index (χ2v) is 10.2. The Labute approximate surface area is 209 Å². The van der Waals surface area contributed by atoms with Gasteiger partial charge >= 0.3 is 0 Å². The van der Waals surface area contributed by atoms with E-state index in [1.807, 2.05) is 6.92 Å². The number of hydrogen-bond donors (Lipinski definition) is 2. The van der Waals surface area contributed by atoms with E-state index in [4.69, 9.17) is 9.47 Å².